The second-order valence-corrected chi connectivity index (χ2v) is 3.58. The fourth-order valence-electron chi connectivity index (χ4n) is 0.593. The fourth-order valence-corrected chi connectivity index (χ4v) is 1.10. The molecule has 13 heavy (non-hydrogen) atoms. The van der Waals surface area contributed by atoms with Gasteiger partial charge < -0.3 is 0 Å². The van der Waals surface area contributed by atoms with Crippen LogP contribution in [0.15, 0.2) is 0 Å². The van der Waals surface area contributed by atoms with Crippen LogP contribution in [0.4, 0.5) is 0 Å². The van der Waals surface area contributed by atoms with Crippen LogP contribution in [0.5, 0.6) is 0 Å². The number of nitrogens with zero attached hydrogens (tertiary/aromatic N) is 1. The van der Waals surface area contributed by atoms with Crippen LogP contribution in [0.1, 0.15) is 0 Å². The molecule has 0 saturated heterocycles. The number of rotatable bonds is 3. The summed E-state index contributed by atoms with van der Waals surface area (Å²) in [5.41, 5.74) is 0. The van der Waals surface area contributed by atoms with Crippen LogP contribution in [-0.2, 0) is 0 Å². The van der Waals surface area contributed by atoms with Crippen molar-refractivity contribution in [1.29, 1.82) is 0 Å². The average molecular weight is 509 g/mol. The van der Waals surface area contributed by atoms with Gasteiger partial charge in [0, 0.05) is 67.8 Å². The first-order valence-electron chi connectivity index (χ1n) is 3.33. The maximum atomic E-state index is 2.99. The fraction of sp³-hybridized carbons (Fsp3) is 0.333. The van der Waals surface area contributed by atoms with Gasteiger partial charge >= 0.3 is 0 Å². The van der Waals surface area contributed by atoms with E-state index < -0.39 is 0 Å². The zero-order valence-corrected chi connectivity index (χ0v) is 13.2. The van der Waals surface area contributed by atoms with Crippen molar-refractivity contribution in [3.8, 4) is 29.5 Å². The van der Waals surface area contributed by atoms with Crippen LogP contribution in [0, 0.1) is 29.5 Å². The number of hydrogen-bond acceptors (Lipinski definition) is 1. The molecule has 0 spiro atoms. The molecule has 4 heteroatoms. The van der Waals surface area contributed by atoms with E-state index in [2.05, 4.69) is 34.4 Å². The molecule has 0 aliphatic heterocycles. The molecule has 0 aromatic rings. The van der Waals surface area contributed by atoms with Gasteiger partial charge in [-0.1, -0.05) is 17.8 Å². The van der Waals surface area contributed by atoms with E-state index in [1.807, 2.05) is 67.8 Å². The summed E-state index contributed by atoms with van der Waals surface area (Å²) in [6.07, 6.45) is 0. The summed E-state index contributed by atoms with van der Waals surface area (Å²) >= 11 is 6.10. The summed E-state index contributed by atoms with van der Waals surface area (Å²) in [6.45, 7) is 2.21. The Hall–Kier alpha value is 0.830. The average Bonchev–Trinajstić information content (AvgIpc) is 2.17. The van der Waals surface area contributed by atoms with Crippen LogP contribution < -0.4 is 0 Å². The van der Waals surface area contributed by atoms with Gasteiger partial charge in [0.2, 0.25) is 0 Å². The van der Waals surface area contributed by atoms with Crippen LogP contribution in [-0.4, -0.2) is 24.5 Å². The molecule has 0 aliphatic rings. The smallest absolute Gasteiger partial charge is 0.0627 e. The summed E-state index contributed by atoms with van der Waals surface area (Å²) in [6, 6.07) is 0. The Morgan fingerprint density at radius 3 is 1.23 bits per heavy atom. The van der Waals surface area contributed by atoms with Crippen molar-refractivity contribution in [2.75, 3.05) is 19.6 Å². The third-order valence-electron chi connectivity index (χ3n) is 1.11. The Morgan fingerprint density at radius 2 is 1.00 bits per heavy atom. The standard InChI is InChI=1S/C9H6I3N/c10-4-1-7-13(8-2-5-11)9-3-6-12/h7-9H2. The minimum atomic E-state index is 0.736. The molecule has 0 unspecified atom stereocenters. The largest absolute Gasteiger partial charge is 0.270 e. The Balaban J connectivity index is 4.01. The van der Waals surface area contributed by atoms with Crippen LogP contribution >= 0.6 is 67.8 Å². The van der Waals surface area contributed by atoms with Gasteiger partial charge in [-0.25, -0.2) is 0 Å². The minimum absolute atomic E-state index is 0.736. The van der Waals surface area contributed by atoms with Crippen molar-refractivity contribution in [2.24, 2.45) is 0 Å². The van der Waals surface area contributed by atoms with Crippen molar-refractivity contribution in [3.05, 3.63) is 0 Å². The maximum Gasteiger partial charge on any atom is 0.0627 e. The van der Waals surface area contributed by atoms with Crippen molar-refractivity contribution >= 4 is 67.8 Å². The molecular formula is C9H6I3N. The molecule has 0 fully saturated rings. The first-order chi connectivity index (χ1) is 6.35. The molecule has 68 valence electrons. The lowest BCUT2D eigenvalue weighted by molar-refractivity contribution is 0.390. The van der Waals surface area contributed by atoms with Crippen molar-refractivity contribution in [1.82, 2.24) is 4.90 Å². The van der Waals surface area contributed by atoms with E-state index in [1.165, 1.54) is 0 Å². The molecular weight excluding hydrogens is 503 g/mol. The zero-order chi connectivity index (χ0) is 9.94. The summed E-state index contributed by atoms with van der Waals surface area (Å²) < 4.78 is 8.49. The number of hydrogen-bond donors (Lipinski definition) is 0. The van der Waals surface area contributed by atoms with Gasteiger partial charge in [0.15, 0.2) is 0 Å². The monoisotopic (exact) mass is 509 g/mol. The Morgan fingerprint density at radius 1 is 0.692 bits per heavy atom. The SMILES string of the molecule is IC#CCN(CC#CI)CC#CI. The van der Waals surface area contributed by atoms with Crippen LogP contribution in [0.2, 0.25) is 0 Å². The molecule has 1 nitrogen and oxygen atoms in total. The lowest BCUT2D eigenvalue weighted by Crippen LogP contribution is -2.24. The van der Waals surface area contributed by atoms with Crippen molar-refractivity contribution in [2.45, 2.75) is 0 Å². The molecule has 0 amide bonds. The van der Waals surface area contributed by atoms with Crippen molar-refractivity contribution < 1.29 is 0 Å². The first kappa shape index (κ1) is 13.8. The highest BCUT2D eigenvalue weighted by molar-refractivity contribution is 14.1. The van der Waals surface area contributed by atoms with E-state index >= 15 is 0 Å². The molecule has 0 N–H and O–H groups in total. The van der Waals surface area contributed by atoms with E-state index in [-0.39, 0.29) is 0 Å². The van der Waals surface area contributed by atoms with Crippen LogP contribution in [0.25, 0.3) is 0 Å². The predicted molar refractivity (Wildman–Crippen MR) is 81.8 cm³/mol. The van der Waals surface area contributed by atoms with Crippen molar-refractivity contribution in [3.63, 3.8) is 0 Å². The van der Waals surface area contributed by atoms with Gasteiger partial charge in [0.05, 0.1) is 19.6 Å². The zero-order valence-electron chi connectivity index (χ0n) is 6.70. The predicted octanol–water partition coefficient (Wildman–Crippen LogP) is 2.48. The topological polar surface area (TPSA) is 3.24 Å². The van der Waals surface area contributed by atoms with Gasteiger partial charge in [-0.3, -0.25) is 4.90 Å². The van der Waals surface area contributed by atoms with Crippen LogP contribution in [0.3, 0.4) is 0 Å². The van der Waals surface area contributed by atoms with E-state index in [9.17, 15) is 0 Å². The molecule has 0 aromatic carbocycles. The first-order valence-corrected chi connectivity index (χ1v) is 6.56. The van der Waals surface area contributed by atoms with Gasteiger partial charge in [-0.15, -0.1) is 0 Å². The summed E-state index contributed by atoms with van der Waals surface area (Å²) in [4.78, 5) is 2.10. The Labute approximate surface area is 120 Å². The Kier molecular flexibility index (Phi) is 11.6. The third kappa shape index (κ3) is 9.14. The quantitative estimate of drug-likeness (QED) is 0.418. The highest BCUT2D eigenvalue weighted by atomic mass is 127. The van der Waals surface area contributed by atoms with E-state index in [1.54, 1.807) is 0 Å². The van der Waals surface area contributed by atoms with Gasteiger partial charge in [0.1, 0.15) is 0 Å². The summed E-state index contributed by atoms with van der Waals surface area (Å²) in [5.74, 6) is 8.96. The minimum Gasteiger partial charge on any atom is -0.270 e. The maximum absolute atomic E-state index is 2.99. The van der Waals surface area contributed by atoms with Gasteiger partial charge in [-0.2, -0.15) is 0 Å². The molecule has 0 rings (SSSR count). The lowest BCUT2D eigenvalue weighted by atomic mass is 10.4. The summed E-state index contributed by atoms with van der Waals surface area (Å²) in [5, 5.41) is 0. The highest BCUT2D eigenvalue weighted by Gasteiger charge is 1.97. The molecule has 0 heterocycles. The molecule has 0 radical (unpaired) electrons. The van der Waals surface area contributed by atoms with E-state index in [0.717, 1.165) is 19.6 Å². The second kappa shape index (κ2) is 10.9. The van der Waals surface area contributed by atoms with Gasteiger partial charge in [0.25, 0.3) is 0 Å². The van der Waals surface area contributed by atoms with E-state index in [4.69, 9.17) is 0 Å². The Bertz CT molecular complexity index is 253. The lowest BCUT2D eigenvalue weighted by Gasteiger charge is -2.11. The summed E-state index contributed by atoms with van der Waals surface area (Å²) in [7, 11) is 0. The van der Waals surface area contributed by atoms with Gasteiger partial charge in [-0.05, 0) is 11.8 Å². The number of halogens is 3. The third-order valence-corrected chi connectivity index (χ3v) is 2.25. The second-order valence-electron chi connectivity index (χ2n) is 1.96. The molecule has 0 aliphatic carbocycles. The highest BCUT2D eigenvalue weighted by Crippen LogP contribution is 1.87. The molecule has 0 bridgehead atoms. The molecule has 0 atom stereocenters. The van der Waals surface area contributed by atoms with E-state index in [0.29, 0.717) is 0 Å². The molecule has 0 aromatic heterocycles. The molecule has 0 saturated carbocycles. The normalized spacial score (nSPS) is 7.38.